The van der Waals surface area contributed by atoms with E-state index in [0.717, 1.165) is 17.5 Å². The third-order valence-corrected chi connectivity index (χ3v) is 4.88. The molecule has 0 saturated carbocycles. The number of nitrogens with two attached hydrogens (primary N) is 1. The second-order valence-electron chi connectivity index (χ2n) is 3.80. The fourth-order valence-corrected chi connectivity index (χ4v) is 3.15. The second-order valence-corrected chi connectivity index (χ2v) is 6.76. The summed E-state index contributed by atoms with van der Waals surface area (Å²) in [5.74, 6) is -1.32. The lowest BCUT2D eigenvalue weighted by atomic mass is 10.2. The topological polar surface area (TPSA) is 102 Å². The van der Waals surface area contributed by atoms with E-state index < -0.39 is 21.7 Å². The highest BCUT2D eigenvalue weighted by molar-refractivity contribution is 7.91. The summed E-state index contributed by atoms with van der Waals surface area (Å²) in [4.78, 5) is 15.9. The molecule has 106 valence electrons. The van der Waals surface area contributed by atoms with E-state index in [9.17, 15) is 17.6 Å². The highest BCUT2D eigenvalue weighted by atomic mass is 32.2. The van der Waals surface area contributed by atoms with E-state index in [1.165, 1.54) is 24.4 Å². The Morgan fingerprint density at radius 3 is 2.75 bits per heavy atom. The van der Waals surface area contributed by atoms with Crippen molar-refractivity contribution in [1.82, 2.24) is 10.3 Å². The number of thiophene rings is 1. The zero-order valence-electron chi connectivity index (χ0n) is 10.0. The van der Waals surface area contributed by atoms with Crippen LogP contribution in [0.5, 0.6) is 0 Å². The number of carbonyl (C=O) groups excluding carboxylic acids is 1. The first-order valence-corrected chi connectivity index (χ1v) is 7.73. The first-order valence-electron chi connectivity index (χ1n) is 5.37. The number of primary sulfonamides is 1. The number of rotatable bonds is 4. The molecule has 2 rings (SSSR count). The van der Waals surface area contributed by atoms with Crippen LogP contribution in [0.4, 0.5) is 4.39 Å². The lowest BCUT2D eigenvalue weighted by molar-refractivity contribution is 0.0947. The van der Waals surface area contributed by atoms with Crippen LogP contribution < -0.4 is 10.5 Å². The number of carbonyl (C=O) groups is 1. The van der Waals surface area contributed by atoms with Crippen LogP contribution >= 0.6 is 11.3 Å². The Bertz CT molecular complexity index is 743. The molecule has 0 saturated heterocycles. The molecule has 0 fully saturated rings. The molecule has 9 heteroatoms. The molecule has 1 amide bonds. The minimum atomic E-state index is -3.74. The Labute approximate surface area is 118 Å². The molecule has 0 radical (unpaired) electrons. The minimum absolute atomic E-state index is 0.0110. The monoisotopic (exact) mass is 315 g/mol. The maximum absolute atomic E-state index is 13.3. The van der Waals surface area contributed by atoms with Crippen LogP contribution in [0.15, 0.2) is 34.8 Å². The summed E-state index contributed by atoms with van der Waals surface area (Å²) in [6.07, 6.45) is 2.25. The predicted molar refractivity (Wildman–Crippen MR) is 71.1 cm³/mol. The number of hydrogen-bond donors (Lipinski definition) is 2. The fraction of sp³-hybridized carbons (Fsp3) is 0.0909. The normalized spacial score (nSPS) is 11.3. The molecule has 0 unspecified atom stereocenters. The molecule has 3 N–H and O–H groups in total. The maximum Gasteiger partial charge on any atom is 0.254 e. The van der Waals surface area contributed by atoms with Crippen LogP contribution in [0, 0.1) is 5.82 Å². The predicted octanol–water partition coefficient (Wildman–Crippen LogP) is 0.860. The second kappa shape index (κ2) is 5.65. The molecule has 0 atom stereocenters. The Kier molecular flexibility index (Phi) is 4.12. The van der Waals surface area contributed by atoms with E-state index in [1.54, 1.807) is 0 Å². The van der Waals surface area contributed by atoms with Gasteiger partial charge in [-0.25, -0.2) is 17.9 Å². The summed E-state index contributed by atoms with van der Waals surface area (Å²) in [5.41, 5.74) is -0.122. The third-order valence-electron chi connectivity index (χ3n) is 2.36. The van der Waals surface area contributed by atoms with Crippen LogP contribution in [0.2, 0.25) is 0 Å². The van der Waals surface area contributed by atoms with E-state index in [0.29, 0.717) is 4.88 Å². The number of amides is 1. The summed E-state index contributed by atoms with van der Waals surface area (Å²) < 4.78 is 35.5. The lowest BCUT2D eigenvalue weighted by Gasteiger charge is -2.04. The molecule has 0 aliphatic heterocycles. The van der Waals surface area contributed by atoms with Crippen molar-refractivity contribution < 1.29 is 17.6 Å². The average Bonchev–Trinajstić information content (AvgIpc) is 2.85. The van der Waals surface area contributed by atoms with Crippen LogP contribution in [0.3, 0.4) is 0 Å². The van der Waals surface area contributed by atoms with Crippen LogP contribution in [0.25, 0.3) is 0 Å². The van der Waals surface area contributed by atoms with Crippen LogP contribution in [0.1, 0.15) is 15.2 Å². The van der Waals surface area contributed by atoms with E-state index in [1.807, 2.05) is 0 Å². The van der Waals surface area contributed by atoms with Gasteiger partial charge in [0, 0.05) is 11.1 Å². The number of sulfonamides is 1. The Morgan fingerprint density at radius 1 is 1.40 bits per heavy atom. The average molecular weight is 315 g/mol. The van der Waals surface area contributed by atoms with Gasteiger partial charge in [0.15, 0.2) is 5.82 Å². The Morgan fingerprint density at radius 2 is 2.15 bits per heavy atom. The van der Waals surface area contributed by atoms with E-state index in [4.69, 9.17) is 5.14 Å². The molecule has 2 heterocycles. The fourth-order valence-electron chi connectivity index (χ4n) is 1.43. The van der Waals surface area contributed by atoms with Crippen molar-refractivity contribution >= 4 is 27.3 Å². The lowest BCUT2D eigenvalue weighted by Crippen LogP contribution is -2.23. The molecule has 0 aliphatic carbocycles. The zero-order valence-corrected chi connectivity index (χ0v) is 11.7. The van der Waals surface area contributed by atoms with Crippen molar-refractivity contribution in [3.8, 4) is 0 Å². The van der Waals surface area contributed by atoms with Gasteiger partial charge in [-0.05, 0) is 18.2 Å². The summed E-state index contributed by atoms with van der Waals surface area (Å²) in [6, 6.07) is 4.15. The Balaban J connectivity index is 2.04. The molecule has 0 bridgehead atoms. The van der Waals surface area contributed by atoms with E-state index >= 15 is 0 Å². The van der Waals surface area contributed by atoms with Gasteiger partial charge in [0.05, 0.1) is 18.3 Å². The number of hydrogen-bond acceptors (Lipinski definition) is 5. The highest BCUT2D eigenvalue weighted by Crippen LogP contribution is 2.20. The van der Waals surface area contributed by atoms with Crippen molar-refractivity contribution in [2.45, 2.75) is 10.8 Å². The van der Waals surface area contributed by atoms with Crippen LogP contribution in [-0.2, 0) is 16.6 Å². The van der Waals surface area contributed by atoms with Gasteiger partial charge in [0.2, 0.25) is 10.0 Å². The van der Waals surface area contributed by atoms with Gasteiger partial charge in [0.25, 0.3) is 5.91 Å². The molecule has 2 aromatic rings. The first-order chi connectivity index (χ1) is 9.38. The molecular weight excluding hydrogens is 305 g/mol. The number of pyridine rings is 1. The molecule has 0 aromatic carbocycles. The molecule has 6 nitrogen and oxygen atoms in total. The largest absolute Gasteiger partial charge is 0.347 e. The molecule has 2 aromatic heterocycles. The highest BCUT2D eigenvalue weighted by Gasteiger charge is 2.13. The van der Waals surface area contributed by atoms with Gasteiger partial charge in [-0.3, -0.25) is 9.78 Å². The van der Waals surface area contributed by atoms with Gasteiger partial charge in [-0.2, -0.15) is 0 Å². The van der Waals surface area contributed by atoms with Gasteiger partial charge >= 0.3 is 0 Å². The number of nitrogens with one attached hydrogen (secondary N) is 1. The smallest absolute Gasteiger partial charge is 0.254 e. The van der Waals surface area contributed by atoms with Crippen LogP contribution in [-0.4, -0.2) is 19.3 Å². The zero-order chi connectivity index (χ0) is 14.8. The van der Waals surface area contributed by atoms with Crippen molar-refractivity contribution in [1.29, 1.82) is 0 Å². The summed E-state index contributed by atoms with van der Waals surface area (Å²) in [7, 11) is -3.74. The number of aromatic nitrogens is 1. The summed E-state index contributed by atoms with van der Waals surface area (Å²) in [6.45, 7) is 0.0841. The van der Waals surface area contributed by atoms with Crippen molar-refractivity contribution in [2.24, 2.45) is 5.14 Å². The molecule has 0 aliphatic rings. The number of nitrogens with zero attached hydrogens (tertiary/aromatic N) is 1. The standard InChI is InChI=1S/C11H10FN3O3S2/c12-9-6-14-4-3-8(9)11(16)15-5-7-1-2-10(19-7)20(13,17)18/h1-4,6H,5H2,(H,15,16)(H2,13,17,18). The third kappa shape index (κ3) is 3.38. The van der Waals surface area contributed by atoms with Gasteiger partial charge in [0.1, 0.15) is 4.21 Å². The number of halogens is 1. The van der Waals surface area contributed by atoms with E-state index in [-0.39, 0.29) is 16.3 Å². The van der Waals surface area contributed by atoms with Crippen molar-refractivity contribution in [3.05, 3.63) is 46.9 Å². The SMILES string of the molecule is NS(=O)(=O)c1ccc(CNC(=O)c2ccncc2F)s1. The van der Waals surface area contributed by atoms with Gasteiger partial charge in [-0.1, -0.05) is 0 Å². The Hall–Kier alpha value is -1.84. The van der Waals surface area contributed by atoms with E-state index in [2.05, 4.69) is 10.3 Å². The summed E-state index contributed by atoms with van der Waals surface area (Å²) in [5, 5.41) is 7.46. The first kappa shape index (κ1) is 14.6. The minimum Gasteiger partial charge on any atom is -0.347 e. The van der Waals surface area contributed by atoms with Gasteiger partial charge in [-0.15, -0.1) is 11.3 Å². The van der Waals surface area contributed by atoms with Crippen molar-refractivity contribution in [3.63, 3.8) is 0 Å². The quantitative estimate of drug-likeness (QED) is 0.873. The maximum atomic E-state index is 13.3. The summed E-state index contributed by atoms with van der Waals surface area (Å²) >= 11 is 0.947. The molecule has 0 spiro atoms. The molecular formula is C11H10FN3O3S2. The molecule has 20 heavy (non-hydrogen) atoms. The van der Waals surface area contributed by atoms with Gasteiger partial charge < -0.3 is 5.32 Å². The van der Waals surface area contributed by atoms with Crippen molar-refractivity contribution in [2.75, 3.05) is 0 Å².